The SMILES string of the molecule is FC(F)(F)C1(F)CCC(Br)C1. The molecule has 0 N–H and O–H groups in total. The molecule has 1 aliphatic rings. The first-order valence-electron chi connectivity index (χ1n) is 3.25. The van der Waals surface area contributed by atoms with E-state index in [1.54, 1.807) is 0 Å². The van der Waals surface area contributed by atoms with Crippen LogP contribution in [-0.4, -0.2) is 16.7 Å². The molecule has 0 aromatic rings. The predicted octanol–water partition coefficient (Wildman–Crippen LogP) is 3.20. The predicted molar refractivity (Wildman–Crippen MR) is 36.5 cm³/mol. The summed E-state index contributed by atoms with van der Waals surface area (Å²) in [5.74, 6) is 0. The molecule has 5 heteroatoms. The summed E-state index contributed by atoms with van der Waals surface area (Å²) in [4.78, 5) is -0.325. The van der Waals surface area contributed by atoms with Crippen LogP contribution in [0.3, 0.4) is 0 Å². The highest BCUT2D eigenvalue weighted by Gasteiger charge is 2.58. The Labute approximate surface area is 70.1 Å². The van der Waals surface area contributed by atoms with Crippen LogP contribution in [0.2, 0.25) is 0 Å². The van der Waals surface area contributed by atoms with Gasteiger partial charge in [-0.05, 0) is 12.8 Å². The minimum absolute atomic E-state index is 0.260. The summed E-state index contributed by atoms with van der Waals surface area (Å²) in [7, 11) is 0. The minimum atomic E-state index is -4.70. The van der Waals surface area contributed by atoms with E-state index in [0.29, 0.717) is 0 Å². The van der Waals surface area contributed by atoms with Crippen LogP contribution in [0, 0.1) is 0 Å². The van der Waals surface area contributed by atoms with E-state index in [9.17, 15) is 17.6 Å². The van der Waals surface area contributed by atoms with E-state index in [1.807, 2.05) is 0 Å². The lowest BCUT2D eigenvalue weighted by Gasteiger charge is -2.22. The molecule has 0 aromatic heterocycles. The van der Waals surface area contributed by atoms with Gasteiger partial charge in [-0.2, -0.15) is 13.2 Å². The van der Waals surface area contributed by atoms with E-state index in [0.717, 1.165) is 0 Å². The van der Waals surface area contributed by atoms with E-state index in [4.69, 9.17) is 0 Å². The van der Waals surface area contributed by atoms with Gasteiger partial charge in [0.15, 0.2) is 0 Å². The molecule has 1 fully saturated rings. The van der Waals surface area contributed by atoms with Gasteiger partial charge in [0.2, 0.25) is 5.67 Å². The quantitative estimate of drug-likeness (QED) is 0.446. The van der Waals surface area contributed by atoms with Gasteiger partial charge in [-0.3, -0.25) is 0 Å². The van der Waals surface area contributed by atoms with Crippen molar-refractivity contribution in [2.24, 2.45) is 0 Å². The van der Waals surface area contributed by atoms with Crippen molar-refractivity contribution < 1.29 is 17.6 Å². The Bertz CT molecular complexity index is 155. The van der Waals surface area contributed by atoms with E-state index < -0.39 is 24.7 Å². The number of halogens is 5. The lowest BCUT2D eigenvalue weighted by Crippen LogP contribution is -2.38. The molecule has 0 aliphatic heterocycles. The van der Waals surface area contributed by atoms with Gasteiger partial charge in [-0.1, -0.05) is 15.9 Å². The highest BCUT2D eigenvalue weighted by Crippen LogP contribution is 2.47. The van der Waals surface area contributed by atoms with Crippen LogP contribution < -0.4 is 0 Å². The van der Waals surface area contributed by atoms with Crippen LogP contribution in [0.15, 0.2) is 0 Å². The fourth-order valence-electron chi connectivity index (χ4n) is 1.20. The Hall–Kier alpha value is 0.200. The second-order valence-corrected chi connectivity index (χ2v) is 4.10. The Morgan fingerprint density at radius 1 is 1.36 bits per heavy atom. The van der Waals surface area contributed by atoms with Crippen LogP contribution in [0.5, 0.6) is 0 Å². The summed E-state index contributed by atoms with van der Waals surface area (Å²) in [6, 6.07) is 0. The van der Waals surface area contributed by atoms with Crippen molar-refractivity contribution in [1.29, 1.82) is 0 Å². The van der Waals surface area contributed by atoms with Gasteiger partial charge in [-0.15, -0.1) is 0 Å². The second kappa shape index (κ2) is 2.61. The number of alkyl halides is 5. The van der Waals surface area contributed by atoms with Crippen molar-refractivity contribution in [3.8, 4) is 0 Å². The lowest BCUT2D eigenvalue weighted by atomic mass is 10.1. The van der Waals surface area contributed by atoms with Crippen LogP contribution in [0.1, 0.15) is 19.3 Å². The maximum atomic E-state index is 12.9. The van der Waals surface area contributed by atoms with Crippen LogP contribution in [-0.2, 0) is 0 Å². The highest BCUT2D eigenvalue weighted by atomic mass is 79.9. The standard InChI is InChI=1S/C6H7BrF4/c7-4-1-2-5(8,3-4)6(9,10)11/h4H,1-3H2. The number of hydrogen-bond donors (Lipinski definition) is 0. The molecule has 66 valence electrons. The van der Waals surface area contributed by atoms with Gasteiger partial charge in [0.1, 0.15) is 0 Å². The highest BCUT2D eigenvalue weighted by molar-refractivity contribution is 9.09. The summed E-state index contributed by atoms with van der Waals surface area (Å²) in [6.45, 7) is 0. The Balaban J connectivity index is 2.69. The molecule has 0 spiro atoms. The molecule has 2 atom stereocenters. The zero-order chi connectivity index (χ0) is 8.70. The number of rotatable bonds is 0. The Morgan fingerprint density at radius 3 is 2.09 bits per heavy atom. The first-order valence-corrected chi connectivity index (χ1v) is 4.16. The van der Waals surface area contributed by atoms with Gasteiger partial charge >= 0.3 is 6.18 Å². The molecule has 0 saturated heterocycles. The van der Waals surface area contributed by atoms with Crippen molar-refractivity contribution in [3.63, 3.8) is 0 Å². The third-order valence-corrected chi connectivity index (χ3v) is 2.69. The zero-order valence-corrected chi connectivity index (χ0v) is 7.17. The molecule has 1 saturated carbocycles. The molecule has 0 aromatic carbocycles. The van der Waals surface area contributed by atoms with E-state index in [1.165, 1.54) is 0 Å². The van der Waals surface area contributed by atoms with E-state index in [-0.39, 0.29) is 11.2 Å². The van der Waals surface area contributed by atoms with Crippen molar-refractivity contribution in [1.82, 2.24) is 0 Å². The molecule has 11 heavy (non-hydrogen) atoms. The van der Waals surface area contributed by atoms with Crippen LogP contribution in [0.25, 0.3) is 0 Å². The summed E-state index contributed by atoms with van der Waals surface area (Å²) < 4.78 is 48.7. The molecule has 1 rings (SSSR count). The van der Waals surface area contributed by atoms with Gasteiger partial charge < -0.3 is 0 Å². The summed E-state index contributed by atoms with van der Waals surface area (Å²) in [6.07, 6.45) is -5.30. The zero-order valence-electron chi connectivity index (χ0n) is 5.59. The van der Waals surface area contributed by atoms with Crippen LogP contribution >= 0.6 is 15.9 Å². The van der Waals surface area contributed by atoms with Gasteiger partial charge in [0, 0.05) is 11.2 Å². The Kier molecular flexibility index (Phi) is 2.20. The molecular formula is C6H7BrF4. The minimum Gasteiger partial charge on any atom is -0.234 e. The van der Waals surface area contributed by atoms with Crippen molar-refractivity contribution in [2.45, 2.75) is 35.9 Å². The topological polar surface area (TPSA) is 0 Å². The average Bonchev–Trinajstić information content (AvgIpc) is 2.10. The molecule has 0 amide bonds. The molecule has 0 bridgehead atoms. The van der Waals surface area contributed by atoms with E-state index in [2.05, 4.69) is 15.9 Å². The first-order chi connectivity index (χ1) is 4.85. The normalized spacial score (nSPS) is 39.5. The molecule has 1 aliphatic carbocycles. The third kappa shape index (κ3) is 1.68. The van der Waals surface area contributed by atoms with Crippen LogP contribution in [0.4, 0.5) is 17.6 Å². The van der Waals surface area contributed by atoms with Crippen molar-refractivity contribution in [2.75, 3.05) is 0 Å². The van der Waals surface area contributed by atoms with Gasteiger partial charge in [-0.25, -0.2) is 4.39 Å². The maximum Gasteiger partial charge on any atom is 0.422 e. The monoisotopic (exact) mass is 234 g/mol. The molecular weight excluding hydrogens is 228 g/mol. The molecule has 0 radical (unpaired) electrons. The summed E-state index contributed by atoms with van der Waals surface area (Å²) >= 11 is 2.97. The average molecular weight is 235 g/mol. The smallest absolute Gasteiger partial charge is 0.234 e. The van der Waals surface area contributed by atoms with Gasteiger partial charge in [0.05, 0.1) is 0 Å². The maximum absolute atomic E-state index is 12.9. The lowest BCUT2D eigenvalue weighted by molar-refractivity contribution is -0.227. The number of hydrogen-bond acceptors (Lipinski definition) is 0. The van der Waals surface area contributed by atoms with Crippen molar-refractivity contribution >= 4 is 15.9 Å². The second-order valence-electron chi connectivity index (χ2n) is 2.80. The molecule has 0 heterocycles. The largest absolute Gasteiger partial charge is 0.422 e. The first kappa shape index (κ1) is 9.29. The fraction of sp³-hybridized carbons (Fsp3) is 1.00. The molecule has 0 nitrogen and oxygen atoms in total. The Morgan fingerprint density at radius 2 is 1.91 bits per heavy atom. The summed E-state index contributed by atoms with van der Waals surface area (Å²) in [5.41, 5.74) is -2.94. The van der Waals surface area contributed by atoms with E-state index >= 15 is 0 Å². The molecule has 2 unspecified atom stereocenters. The third-order valence-electron chi connectivity index (χ3n) is 1.91. The van der Waals surface area contributed by atoms with Gasteiger partial charge in [0.25, 0.3) is 0 Å². The van der Waals surface area contributed by atoms with Crippen molar-refractivity contribution in [3.05, 3.63) is 0 Å². The fourth-order valence-corrected chi connectivity index (χ4v) is 1.94. The summed E-state index contributed by atoms with van der Waals surface area (Å²) in [5, 5.41) is 0.